The third kappa shape index (κ3) is 3.02. The van der Waals surface area contributed by atoms with Crippen LogP contribution in [-0.4, -0.2) is 40.0 Å². The van der Waals surface area contributed by atoms with Gasteiger partial charge in [-0.2, -0.15) is 13.2 Å². The van der Waals surface area contributed by atoms with Crippen LogP contribution in [0.4, 0.5) is 13.2 Å². The fourth-order valence-corrected chi connectivity index (χ4v) is 5.77. The van der Waals surface area contributed by atoms with Crippen molar-refractivity contribution in [2.45, 2.75) is 57.2 Å². The lowest BCUT2D eigenvalue weighted by Crippen LogP contribution is -2.45. The minimum atomic E-state index is -4.50. The van der Waals surface area contributed by atoms with Crippen molar-refractivity contribution >= 4 is 5.71 Å². The Morgan fingerprint density at radius 2 is 2.00 bits per heavy atom. The number of ether oxygens (including phenoxy) is 1. The summed E-state index contributed by atoms with van der Waals surface area (Å²) in [7, 11) is 0. The molecule has 0 heterocycles. The lowest BCUT2D eigenvalue weighted by Gasteiger charge is -2.50. The Morgan fingerprint density at radius 3 is 2.68 bits per heavy atom. The van der Waals surface area contributed by atoms with Gasteiger partial charge in [0.1, 0.15) is 0 Å². The Balaban J connectivity index is 1.72. The first kappa shape index (κ1) is 19.4. The summed E-state index contributed by atoms with van der Waals surface area (Å²) in [5.74, 6) is -0.167. The third-order valence-electron chi connectivity index (χ3n) is 7.17. The molecule has 2 fully saturated rings. The van der Waals surface area contributed by atoms with Crippen LogP contribution in [0, 0.1) is 17.3 Å². The molecule has 5 unspecified atom stereocenters. The molecule has 5 atom stereocenters. The van der Waals surface area contributed by atoms with Crippen LogP contribution in [0.15, 0.2) is 17.3 Å². The molecule has 3 N–H and O–H groups in total. The van der Waals surface area contributed by atoms with E-state index in [1.165, 1.54) is 12.1 Å². The molecule has 0 radical (unpaired) electrons. The SMILES string of the molecule is CC12CCC3c4cc(OCC(F)(F)F)c(O)cc4/C(=N/O)CC3C1CCC2O. The number of alkyl halides is 3. The summed E-state index contributed by atoms with van der Waals surface area (Å²) in [6.45, 7) is 0.618. The highest BCUT2D eigenvalue weighted by Crippen LogP contribution is 2.61. The van der Waals surface area contributed by atoms with E-state index in [1.54, 1.807) is 0 Å². The minimum absolute atomic E-state index is 0.0673. The topological polar surface area (TPSA) is 82.3 Å². The molecule has 0 amide bonds. The van der Waals surface area contributed by atoms with E-state index < -0.39 is 18.5 Å². The molecule has 154 valence electrons. The van der Waals surface area contributed by atoms with E-state index in [0.29, 0.717) is 17.7 Å². The Labute approximate surface area is 160 Å². The molecule has 0 spiro atoms. The summed E-state index contributed by atoms with van der Waals surface area (Å²) in [6, 6.07) is 2.80. The maximum absolute atomic E-state index is 12.5. The van der Waals surface area contributed by atoms with Gasteiger partial charge in [-0.15, -0.1) is 0 Å². The zero-order valence-electron chi connectivity index (χ0n) is 15.5. The monoisotopic (exact) mass is 399 g/mol. The van der Waals surface area contributed by atoms with Gasteiger partial charge in [-0.3, -0.25) is 0 Å². The molecular weight excluding hydrogens is 375 g/mol. The van der Waals surface area contributed by atoms with Crippen LogP contribution in [0.2, 0.25) is 0 Å². The second-order valence-electron chi connectivity index (χ2n) is 8.58. The second-order valence-corrected chi connectivity index (χ2v) is 8.58. The van der Waals surface area contributed by atoms with Gasteiger partial charge in [0.05, 0.1) is 11.8 Å². The predicted molar refractivity (Wildman–Crippen MR) is 94.9 cm³/mol. The lowest BCUT2D eigenvalue weighted by atomic mass is 9.55. The molecule has 2 saturated carbocycles. The first-order chi connectivity index (χ1) is 13.1. The lowest BCUT2D eigenvalue weighted by molar-refractivity contribution is -0.153. The molecule has 3 aliphatic rings. The van der Waals surface area contributed by atoms with Crippen molar-refractivity contribution in [3.8, 4) is 11.5 Å². The van der Waals surface area contributed by atoms with Crippen molar-refractivity contribution in [2.75, 3.05) is 6.61 Å². The Bertz CT molecular complexity index is 809. The van der Waals surface area contributed by atoms with Gasteiger partial charge >= 0.3 is 6.18 Å². The number of aliphatic hydroxyl groups is 1. The van der Waals surface area contributed by atoms with E-state index in [4.69, 9.17) is 4.74 Å². The Morgan fingerprint density at radius 1 is 1.25 bits per heavy atom. The van der Waals surface area contributed by atoms with Gasteiger partial charge in [-0.25, -0.2) is 0 Å². The van der Waals surface area contributed by atoms with Crippen molar-refractivity contribution in [1.29, 1.82) is 0 Å². The number of fused-ring (bicyclic) bond motifs is 5. The van der Waals surface area contributed by atoms with Crippen LogP contribution >= 0.6 is 0 Å². The van der Waals surface area contributed by atoms with Gasteiger partial charge in [0.25, 0.3) is 0 Å². The van der Waals surface area contributed by atoms with Crippen LogP contribution in [0.3, 0.4) is 0 Å². The van der Waals surface area contributed by atoms with Crippen LogP contribution < -0.4 is 4.74 Å². The van der Waals surface area contributed by atoms with Crippen LogP contribution in [-0.2, 0) is 0 Å². The molecule has 28 heavy (non-hydrogen) atoms. The number of nitrogens with zero attached hydrogens (tertiary/aromatic N) is 1. The summed E-state index contributed by atoms with van der Waals surface area (Å²) in [4.78, 5) is 0. The molecule has 0 aliphatic heterocycles. The van der Waals surface area contributed by atoms with E-state index in [9.17, 15) is 28.6 Å². The zero-order chi connectivity index (χ0) is 20.3. The van der Waals surface area contributed by atoms with Gasteiger partial charge in [0.2, 0.25) is 0 Å². The van der Waals surface area contributed by atoms with Crippen molar-refractivity contribution < 1.29 is 33.3 Å². The van der Waals surface area contributed by atoms with Gasteiger partial charge in [-0.05, 0) is 73.0 Å². The molecule has 1 aromatic carbocycles. The number of halogens is 3. The maximum Gasteiger partial charge on any atom is 0.422 e. The molecule has 5 nitrogen and oxygen atoms in total. The maximum atomic E-state index is 12.5. The van der Waals surface area contributed by atoms with E-state index >= 15 is 0 Å². The summed E-state index contributed by atoms with van der Waals surface area (Å²) in [5.41, 5.74) is 1.54. The Kier molecular flexibility index (Phi) is 4.52. The predicted octanol–water partition coefficient (Wildman–Crippen LogP) is 4.19. The van der Waals surface area contributed by atoms with Gasteiger partial charge < -0.3 is 20.2 Å². The van der Waals surface area contributed by atoms with Crippen molar-refractivity contribution in [3.05, 3.63) is 23.3 Å². The number of phenols is 1. The quantitative estimate of drug-likeness (QED) is 0.515. The molecule has 0 bridgehead atoms. The van der Waals surface area contributed by atoms with Crippen LogP contribution in [0.25, 0.3) is 0 Å². The Hall–Kier alpha value is -1.96. The summed E-state index contributed by atoms with van der Waals surface area (Å²) in [6.07, 6.45) is -1.13. The fourth-order valence-electron chi connectivity index (χ4n) is 5.77. The summed E-state index contributed by atoms with van der Waals surface area (Å²) in [5, 5.41) is 33.6. The number of hydrogen-bond acceptors (Lipinski definition) is 5. The normalized spacial score (nSPS) is 36.0. The van der Waals surface area contributed by atoms with E-state index in [2.05, 4.69) is 12.1 Å². The molecule has 8 heteroatoms. The fraction of sp³-hybridized carbons (Fsp3) is 0.650. The van der Waals surface area contributed by atoms with Gasteiger partial charge in [-0.1, -0.05) is 12.1 Å². The molecule has 1 aromatic rings. The highest BCUT2D eigenvalue weighted by Gasteiger charge is 2.55. The summed E-state index contributed by atoms with van der Waals surface area (Å²) >= 11 is 0. The minimum Gasteiger partial charge on any atom is -0.504 e. The summed E-state index contributed by atoms with van der Waals surface area (Å²) < 4.78 is 42.4. The van der Waals surface area contributed by atoms with E-state index in [1.807, 2.05) is 0 Å². The second kappa shape index (κ2) is 6.54. The van der Waals surface area contributed by atoms with Crippen molar-refractivity contribution in [3.63, 3.8) is 0 Å². The molecule has 0 aromatic heterocycles. The molecule has 3 aliphatic carbocycles. The first-order valence-corrected chi connectivity index (χ1v) is 9.60. The van der Waals surface area contributed by atoms with Crippen LogP contribution in [0.1, 0.15) is 56.1 Å². The number of rotatable bonds is 2. The number of oxime groups is 1. The van der Waals surface area contributed by atoms with Crippen molar-refractivity contribution in [2.24, 2.45) is 22.4 Å². The smallest absolute Gasteiger partial charge is 0.422 e. The average molecular weight is 399 g/mol. The largest absolute Gasteiger partial charge is 0.504 e. The molecule has 0 saturated heterocycles. The highest BCUT2D eigenvalue weighted by molar-refractivity contribution is 6.03. The third-order valence-corrected chi connectivity index (χ3v) is 7.17. The van der Waals surface area contributed by atoms with Crippen LogP contribution in [0.5, 0.6) is 11.5 Å². The number of phenolic OH excluding ortho intramolecular Hbond substituents is 1. The number of aromatic hydroxyl groups is 1. The standard InChI is InChI=1S/C20H24F3NO4/c1-19-5-4-10-11-8-17(28-9-20(21,22)23)16(25)7-13(11)15(24-27)6-12(10)14(19)2-3-18(19)26/h7-8,10,12,14,18,25-27H,2-6,9H2,1H3/b24-15+. The van der Waals surface area contributed by atoms with Gasteiger partial charge in [0, 0.05) is 5.56 Å². The van der Waals surface area contributed by atoms with E-state index in [-0.39, 0.29) is 35.0 Å². The molecule has 4 rings (SSSR count). The van der Waals surface area contributed by atoms with Gasteiger partial charge in [0.15, 0.2) is 18.1 Å². The highest BCUT2D eigenvalue weighted by atomic mass is 19.4. The first-order valence-electron chi connectivity index (χ1n) is 9.60. The van der Waals surface area contributed by atoms with Crippen molar-refractivity contribution in [1.82, 2.24) is 0 Å². The van der Waals surface area contributed by atoms with E-state index in [0.717, 1.165) is 31.2 Å². The number of benzene rings is 1. The number of aliphatic hydroxyl groups excluding tert-OH is 1. The average Bonchev–Trinajstić information content (AvgIpc) is 2.93. The number of hydrogen-bond donors (Lipinski definition) is 3. The molecular formula is C20H24F3NO4. The zero-order valence-corrected chi connectivity index (χ0v) is 15.5.